The molecule has 5 heteroatoms. The van der Waals surface area contributed by atoms with Gasteiger partial charge < -0.3 is 20.1 Å². The van der Waals surface area contributed by atoms with Gasteiger partial charge in [-0.1, -0.05) is 6.92 Å². The molecule has 2 N–H and O–H groups in total. The number of carbonyl (C=O) groups is 1. The summed E-state index contributed by atoms with van der Waals surface area (Å²) in [4.78, 5) is 13.5. The number of nitrogens with zero attached hydrogens (tertiary/aromatic N) is 1. The van der Waals surface area contributed by atoms with E-state index in [0.717, 1.165) is 31.6 Å². The van der Waals surface area contributed by atoms with Crippen LogP contribution in [0.15, 0.2) is 0 Å². The Balaban J connectivity index is 1.66. The smallest absolute Gasteiger partial charge is 0.410 e. The highest BCUT2D eigenvalue weighted by molar-refractivity contribution is 5.69. The number of ether oxygens (including phenoxy) is 1. The van der Waals surface area contributed by atoms with Crippen LogP contribution in [0.3, 0.4) is 0 Å². The number of carbonyl (C=O) groups excluding carboxylic acids is 1. The van der Waals surface area contributed by atoms with Crippen LogP contribution in [-0.2, 0) is 4.74 Å². The first-order chi connectivity index (χ1) is 9.67. The van der Waals surface area contributed by atoms with Gasteiger partial charge in [0, 0.05) is 25.7 Å². The van der Waals surface area contributed by atoms with E-state index in [0.29, 0.717) is 19.6 Å². The van der Waals surface area contributed by atoms with Crippen molar-refractivity contribution < 1.29 is 14.6 Å². The molecule has 2 aliphatic rings. The number of amides is 1. The van der Waals surface area contributed by atoms with Gasteiger partial charge in [-0.05, 0) is 52.4 Å². The topological polar surface area (TPSA) is 61.8 Å². The van der Waals surface area contributed by atoms with Gasteiger partial charge in [0.25, 0.3) is 0 Å². The summed E-state index contributed by atoms with van der Waals surface area (Å²) in [6.07, 6.45) is 3.72. The fraction of sp³-hybridized carbons (Fsp3) is 0.938. The van der Waals surface area contributed by atoms with Gasteiger partial charge in [0.05, 0.1) is 5.60 Å². The molecule has 1 heterocycles. The molecule has 1 amide bonds. The number of rotatable bonds is 3. The van der Waals surface area contributed by atoms with Crippen LogP contribution < -0.4 is 5.32 Å². The Morgan fingerprint density at radius 1 is 1.33 bits per heavy atom. The van der Waals surface area contributed by atoms with Gasteiger partial charge in [-0.3, -0.25) is 0 Å². The number of nitrogens with one attached hydrogen (secondary N) is 1. The van der Waals surface area contributed by atoms with Gasteiger partial charge in [0.15, 0.2) is 0 Å². The molecule has 2 fully saturated rings. The molecular formula is C16H30N2O3. The molecule has 0 radical (unpaired) electrons. The monoisotopic (exact) mass is 298 g/mol. The minimum Gasteiger partial charge on any atom is -0.444 e. The molecular weight excluding hydrogens is 268 g/mol. The lowest BCUT2D eigenvalue weighted by atomic mass is 9.79. The summed E-state index contributed by atoms with van der Waals surface area (Å²) in [6, 6.07) is 0.279. The lowest BCUT2D eigenvalue weighted by Crippen LogP contribution is -2.62. The molecule has 1 aliphatic heterocycles. The summed E-state index contributed by atoms with van der Waals surface area (Å²) < 4.78 is 5.33. The average molecular weight is 298 g/mol. The van der Waals surface area contributed by atoms with Crippen LogP contribution in [0.4, 0.5) is 4.79 Å². The maximum atomic E-state index is 11.8. The molecule has 0 bridgehead atoms. The molecule has 0 unspecified atom stereocenters. The van der Waals surface area contributed by atoms with Crippen LogP contribution in [0.5, 0.6) is 0 Å². The highest BCUT2D eigenvalue weighted by Crippen LogP contribution is 2.31. The third-order valence-corrected chi connectivity index (χ3v) is 4.46. The molecule has 122 valence electrons. The van der Waals surface area contributed by atoms with Crippen LogP contribution in [0, 0.1) is 5.92 Å². The predicted octanol–water partition coefficient (Wildman–Crippen LogP) is 2.14. The second-order valence-corrected chi connectivity index (χ2v) is 7.87. The lowest BCUT2D eigenvalue weighted by Gasteiger charge is -2.42. The normalized spacial score (nSPS) is 30.9. The third-order valence-electron chi connectivity index (χ3n) is 4.46. The minimum absolute atomic E-state index is 0.245. The predicted molar refractivity (Wildman–Crippen MR) is 82.2 cm³/mol. The second-order valence-electron chi connectivity index (χ2n) is 7.87. The van der Waals surface area contributed by atoms with Crippen molar-refractivity contribution in [3.05, 3.63) is 0 Å². The Morgan fingerprint density at radius 3 is 2.43 bits per heavy atom. The van der Waals surface area contributed by atoms with Gasteiger partial charge in [-0.15, -0.1) is 0 Å². The van der Waals surface area contributed by atoms with E-state index in [4.69, 9.17) is 4.74 Å². The summed E-state index contributed by atoms with van der Waals surface area (Å²) in [6.45, 7) is 9.84. The Kier molecular flexibility index (Phi) is 4.83. The van der Waals surface area contributed by atoms with E-state index in [1.807, 2.05) is 20.8 Å². The Morgan fingerprint density at radius 2 is 1.90 bits per heavy atom. The van der Waals surface area contributed by atoms with Crippen molar-refractivity contribution in [1.29, 1.82) is 0 Å². The molecule has 2 rings (SSSR count). The van der Waals surface area contributed by atoms with Crippen molar-refractivity contribution in [2.45, 2.75) is 70.6 Å². The van der Waals surface area contributed by atoms with E-state index in [9.17, 15) is 9.90 Å². The van der Waals surface area contributed by atoms with E-state index in [2.05, 4.69) is 12.2 Å². The molecule has 0 spiro atoms. The molecule has 0 aromatic heterocycles. The molecule has 1 saturated carbocycles. The van der Waals surface area contributed by atoms with Gasteiger partial charge in [-0.25, -0.2) is 4.79 Å². The van der Waals surface area contributed by atoms with Gasteiger partial charge in [-0.2, -0.15) is 0 Å². The summed E-state index contributed by atoms with van der Waals surface area (Å²) in [5.41, 5.74) is -0.998. The molecule has 0 aromatic rings. The van der Waals surface area contributed by atoms with E-state index < -0.39 is 11.2 Å². The first kappa shape index (κ1) is 16.6. The zero-order valence-electron chi connectivity index (χ0n) is 13.8. The van der Waals surface area contributed by atoms with E-state index in [-0.39, 0.29) is 12.1 Å². The lowest BCUT2D eigenvalue weighted by molar-refractivity contribution is -0.0195. The third kappa shape index (κ3) is 4.85. The zero-order valence-corrected chi connectivity index (χ0v) is 13.8. The Bertz CT molecular complexity index is 364. The van der Waals surface area contributed by atoms with Crippen LogP contribution in [-0.4, -0.2) is 53.0 Å². The van der Waals surface area contributed by atoms with Crippen molar-refractivity contribution >= 4 is 6.09 Å². The quantitative estimate of drug-likeness (QED) is 0.838. The van der Waals surface area contributed by atoms with E-state index in [1.165, 1.54) is 0 Å². The van der Waals surface area contributed by atoms with Gasteiger partial charge in [0.1, 0.15) is 5.60 Å². The minimum atomic E-state index is -0.557. The maximum absolute atomic E-state index is 11.8. The Labute approximate surface area is 128 Å². The summed E-state index contributed by atoms with van der Waals surface area (Å²) in [7, 11) is 0. The van der Waals surface area contributed by atoms with Crippen LogP contribution in [0.25, 0.3) is 0 Å². The first-order valence-corrected chi connectivity index (χ1v) is 8.11. The fourth-order valence-electron chi connectivity index (χ4n) is 2.89. The largest absolute Gasteiger partial charge is 0.444 e. The van der Waals surface area contributed by atoms with Gasteiger partial charge in [0.2, 0.25) is 0 Å². The maximum Gasteiger partial charge on any atom is 0.410 e. The standard InChI is InChI=1S/C16H30N2O3/c1-12-5-7-16(20,8-6-12)11-17-13-9-18(10-13)14(19)21-15(2,3)4/h12-13,17,20H,5-11H2,1-4H3. The molecule has 0 aromatic carbocycles. The van der Waals surface area contributed by atoms with Crippen molar-refractivity contribution in [3.8, 4) is 0 Å². The molecule has 21 heavy (non-hydrogen) atoms. The van der Waals surface area contributed by atoms with Gasteiger partial charge >= 0.3 is 6.09 Å². The summed E-state index contributed by atoms with van der Waals surface area (Å²) in [5.74, 6) is 0.733. The van der Waals surface area contributed by atoms with Crippen LogP contribution in [0.1, 0.15) is 53.4 Å². The van der Waals surface area contributed by atoms with Crippen molar-refractivity contribution in [3.63, 3.8) is 0 Å². The molecule has 5 nitrogen and oxygen atoms in total. The van der Waals surface area contributed by atoms with Crippen molar-refractivity contribution in [2.24, 2.45) is 5.92 Å². The highest BCUT2D eigenvalue weighted by atomic mass is 16.6. The van der Waals surface area contributed by atoms with Crippen molar-refractivity contribution in [2.75, 3.05) is 19.6 Å². The number of aliphatic hydroxyl groups is 1. The fourth-order valence-corrected chi connectivity index (χ4v) is 2.89. The molecule has 1 saturated heterocycles. The highest BCUT2D eigenvalue weighted by Gasteiger charge is 2.36. The summed E-state index contributed by atoms with van der Waals surface area (Å²) >= 11 is 0. The number of hydrogen-bond acceptors (Lipinski definition) is 4. The first-order valence-electron chi connectivity index (χ1n) is 8.11. The SMILES string of the molecule is CC1CCC(O)(CNC2CN(C(=O)OC(C)(C)C)C2)CC1. The van der Waals surface area contributed by atoms with Crippen molar-refractivity contribution in [1.82, 2.24) is 10.2 Å². The summed E-state index contributed by atoms with van der Waals surface area (Å²) in [5, 5.41) is 13.9. The van der Waals surface area contributed by atoms with Crippen LogP contribution >= 0.6 is 0 Å². The Hall–Kier alpha value is -0.810. The van der Waals surface area contributed by atoms with Crippen LogP contribution in [0.2, 0.25) is 0 Å². The molecule has 1 aliphatic carbocycles. The number of likely N-dealkylation sites (tertiary alicyclic amines) is 1. The van der Waals surface area contributed by atoms with E-state index in [1.54, 1.807) is 4.90 Å². The second kappa shape index (κ2) is 6.13. The molecule has 0 atom stereocenters. The van der Waals surface area contributed by atoms with E-state index >= 15 is 0 Å². The zero-order chi connectivity index (χ0) is 15.7. The average Bonchev–Trinajstić information content (AvgIpc) is 2.29. The number of hydrogen-bond donors (Lipinski definition) is 2.